The van der Waals surface area contributed by atoms with Gasteiger partial charge in [0.05, 0.1) is 24.1 Å². The van der Waals surface area contributed by atoms with Crippen molar-refractivity contribution in [1.29, 1.82) is 0 Å². The molecule has 7 nitrogen and oxygen atoms in total. The standard InChI is InChI=1S/C17H15N7/c1-23(11-14-10-18-7-8-19-14)16-9-15(13-5-3-2-4-6-13)22-17-20-12-21-24(16)17/h2-10,12H,11H2,1H3. The molecule has 0 atom stereocenters. The van der Waals surface area contributed by atoms with Crippen molar-refractivity contribution in [2.75, 3.05) is 11.9 Å². The fourth-order valence-electron chi connectivity index (χ4n) is 2.56. The van der Waals surface area contributed by atoms with E-state index in [9.17, 15) is 0 Å². The Morgan fingerprint density at radius 3 is 2.75 bits per heavy atom. The summed E-state index contributed by atoms with van der Waals surface area (Å²) in [6.45, 7) is 0.612. The lowest BCUT2D eigenvalue weighted by molar-refractivity contribution is 0.811. The number of nitrogens with zero attached hydrogens (tertiary/aromatic N) is 7. The van der Waals surface area contributed by atoms with Gasteiger partial charge in [-0.15, -0.1) is 0 Å². The summed E-state index contributed by atoms with van der Waals surface area (Å²) in [4.78, 5) is 19.3. The van der Waals surface area contributed by atoms with Crippen molar-refractivity contribution in [3.8, 4) is 11.3 Å². The van der Waals surface area contributed by atoms with Crippen LogP contribution in [0.3, 0.4) is 0 Å². The van der Waals surface area contributed by atoms with Gasteiger partial charge in [-0.1, -0.05) is 30.3 Å². The van der Waals surface area contributed by atoms with E-state index in [1.807, 2.05) is 43.4 Å². The molecule has 0 aliphatic heterocycles. The summed E-state index contributed by atoms with van der Waals surface area (Å²) in [6, 6.07) is 12.0. The van der Waals surface area contributed by atoms with Crippen LogP contribution < -0.4 is 4.90 Å². The van der Waals surface area contributed by atoms with E-state index in [0.29, 0.717) is 12.3 Å². The fraction of sp³-hybridized carbons (Fsp3) is 0.118. The lowest BCUT2D eigenvalue weighted by atomic mass is 10.1. The van der Waals surface area contributed by atoms with Crippen LogP contribution in [0.25, 0.3) is 17.0 Å². The van der Waals surface area contributed by atoms with E-state index >= 15 is 0 Å². The van der Waals surface area contributed by atoms with Gasteiger partial charge in [0.15, 0.2) is 0 Å². The van der Waals surface area contributed by atoms with Gasteiger partial charge in [0.2, 0.25) is 0 Å². The summed E-state index contributed by atoms with van der Waals surface area (Å²) in [7, 11) is 1.99. The van der Waals surface area contributed by atoms with Gasteiger partial charge in [-0.25, -0.2) is 4.98 Å². The van der Waals surface area contributed by atoms with Crippen LogP contribution in [0.2, 0.25) is 0 Å². The van der Waals surface area contributed by atoms with E-state index in [0.717, 1.165) is 22.8 Å². The highest BCUT2D eigenvalue weighted by atomic mass is 15.4. The van der Waals surface area contributed by atoms with Gasteiger partial charge in [-0.2, -0.15) is 14.6 Å². The van der Waals surface area contributed by atoms with Gasteiger partial charge < -0.3 is 4.90 Å². The van der Waals surface area contributed by atoms with Crippen LogP contribution in [0.15, 0.2) is 61.3 Å². The molecule has 0 bridgehead atoms. The van der Waals surface area contributed by atoms with Crippen molar-refractivity contribution in [1.82, 2.24) is 29.5 Å². The summed E-state index contributed by atoms with van der Waals surface area (Å²) >= 11 is 0. The van der Waals surface area contributed by atoms with Crippen molar-refractivity contribution in [2.45, 2.75) is 6.54 Å². The van der Waals surface area contributed by atoms with E-state index in [1.165, 1.54) is 6.33 Å². The second kappa shape index (κ2) is 6.04. The number of hydrogen-bond donors (Lipinski definition) is 0. The van der Waals surface area contributed by atoms with E-state index in [1.54, 1.807) is 23.1 Å². The zero-order chi connectivity index (χ0) is 16.4. The highest BCUT2D eigenvalue weighted by molar-refractivity contribution is 5.65. The molecule has 0 radical (unpaired) electrons. The topological polar surface area (TPSA) is 72.1 Å². The molecule has 1 aromatic carbocycles. The predicted molar refractivity (Wildman–Crippen MR) is 90.4 cm³/mol. The minimum absolute atomic E-state index is 0.567. The van der Waals surface area contributed by atoms with Gasteiger partial charge in [-0.05, 0) is 0 Å². The Kier molecular flexibility index (Phi) is 3.59. The Bertz CT molecular complexity index is 951. The van der Waals surface area contributed by atoms with E-state index in [-0.39, 0.29) is 0 Å². The van der Waals surface area contributed by atoms with Crippen LogP contribution in [0.5, 0.6) is 0 Å². The van der Waals surface area contributed by atoms with Crippen molar-refractivity contribution >= 4 is 11.6 Å². The molecular formula is C17H15N7. The molecule has 0 aliphatic rings. The Hall–Kier alpha value is -3.35. The highest BCUT2D eigenvalue weighted by Gasteiger charge is 2.13. The number of rotatable bonds is 4. The number of hydrogen-bond acceptors (Lipinski definition) is 6. The average molecular weight is 317 g/mol. The third kappa shape index (κ3) is 2.67. The largest absolute Gasteiger partial charge is 0.353 e. The first-order valence-corrected chi connectivity index (χ1v) is 7.53. The van der Waals surface area contributed by atoms with E-state index in [4.69, 9.17) is 0 Å². The van der Waals surface area contributed by atoms with Crippen molar-refractivity contribution in [2.24, 2.45) is 0 Å². The first-order valence-electron chi connectivity index (χ1n) is 7.53. The average Bonchev–Trinajstić information content (AvgIpc) is 3.11. The lowest BCUT2D eigenvalue weighted by Crippen LogP contribution is -2.21. The van der Waals surface area contributed by atoms with E-state index in [2.05, 4.69) is 29.9 Å². The lowest BCUT2D eigenvalue weighted by Gasteiger charge is -2.19. The van der Waals surface area contributed by atoms with Gasteiger partial charge in [0.1, 0.15) is 12.1 Å². The molecule has 118 valence electrons. The summed E-state index contributed by atoms with van der Waals surface area (Å²) in [5.74, 6) is 1.46. The molecule has 24 heavy (non-hydrogen) atoms. The maximum Gasteiger partial charge on any atom is 0.254 e. The molecule has 4 rings (SSSR count). The van der Waals surface area contributed by atoms with Crippen LogP contribution in [0.4, 0.5) is 5.82 Å². The quantitative estimate of drug-likeness (QED) is 0.575. The number of benzene rings is 1. The van der Waals surface area contributed by atoms with Gasteiger partial charge >= 0.3 is 0 Å². The molecule has 0 spiro atoms. The first kappa shape index (κ1) is 14.3. The van der Waals surface area contributed by atoms with Crippen LogP contribution in [0.1, 0.15) is 5.69 Å². The van der Waals surface area contributed by atoms with Crippen molar-refractivity contribution in [3.63, 3.8) is 0 Å². The van der Waals surface area contributed by atoms with Crippen LogP contribution in [0, 0.1) is 0 Å². The SMILES string of the molecule is CN(Cc1cnccn1)c1cc(-c2ccccc2)nc2ncnn12. The number of fused-ring (bicyclic) bond motifs is 1. The molecule has 3 aromatic heterocycles. The van der Waals surface area contributed by atoms with Gasteiger partial charge in [-0.3, -0.25) is 9.97 Å². The molecule has 3 heterocycles. The zero-order valence-corrected chi connectivity index (χ0v) is 13.1. The normalized spacial score (nSPS) is 10.9. The summed E-state index contributed by atoms with van der Waals surface area (Å²) in [5.41, 5.74) is 2.78. The third-order valence-corrected chi connectivity index (χ3v) is 3.71. The Labute approximate surface area is 138 Å². The maximum absolute atomic E-state index is 4.59. The van der Waals surface area contributed by atoms with Crippen LogP contribution in [-0.2, 0) is 6.54 Å². The minimum atomic E-state index is 0.567. The predicted octanol–water partition coefficient (Wildman–Crippen LogP) is 2.22. The molecule has 0 amide bonds. The molecular weight excluding hydrogens is 302 g/mol. The molecule has 7 heteroatoms. The first-order chi connectivity index (χ1) is 11.8. The molecule has 0 aliphatic carbocycles. The Morgan fingerprint density at radius 2 is 1.96 bits per heavy atom. The second-order valence-corrected chi connectivity index (χ2v) is 5.39. The Balaban J connectivity index is 1.77. The molecule has 0 unspecified atom stereocenters. The summed E-state index contributed by atoms with van der Waals surface area (Å²) in [6.07, 6.45) is 6.63. The third-order valence-electron chi connectivity index (χ3n) is 3.71. The second-order valence-electron chi connectivity index (χ2n) is 5.39. The van der Waals surface area contributed by atoms with Crippen molar-refractivity contribution < 1.29 is 0 Å². The van der Waals surface area contributed by atoms with Gasteiger partial charge in [0.25, 0.3) is 5.78 Å². The Morgan fingerprint density at radius 1 is 1.08 bits per heavy atom. The van der Waals surface area contributed by atoms with Crippen LogP contribution >= 0.6 is 0 Å². The summed E-state index contributed by atoms with van der Waals surface area (Å²) < 4.78 is 1.73. The van der Waals surface area contributed by atoms with E-state index < -0.39 is 0 Å². The van der Waals surface area contributed by atoms with Crippen LogP contribution in [-0.4, -0.2) is 36.6 Å². The zero-order valence-electron chi connectivity index (χ0n) is 13.1. The molecule has 4 aromatic rings. The number of anilines is 1. The smallest absolute Gasteiger partial charge is 0.254 e. The highest BCUT2D eigenvalue weighted by Crippen LogP contribution is 2.23. The molecule has 0 saturated carbocycles. The van der Waals surface area contributed by atoms with Gasteiger partial charge in [0, 0.05) is 31.1 Å². The molecule has 0 fully saturated rings. The minimum Gasteiger partial charge on any atom is -0.353 e. The number of aromatic nitrogens is 6. The van der Waals surface area contributed by atoms with Crippen molar-refractivity contribution in [3.05, 3.63) is 67.0 Å². The fourth-order valence-corrected chi connectivity index (χ4v) is 2.56. The monoisotopic (exact) mass is 317 g/mol. The summed E-state index contributed by atoms with van der Waals surface area (Å²) in [5, 5.41) is 4.28. The molecule has 0 N–H and O–H groups in total. The maximum atomic E-state index is 4.59. The molecule has 0 saturated heterocycles.